The summed E-state index contributed by atoms with van der Waals surface area (Å²) < 4.78 is 19.5. The molecule has 5 heterocycles. The van der Waals surface area contributed by atoms with Crippen LogP contribution in [0.4, 0.5) is 11.5 Å². The number of nitrogens with one attached hydrogen (secondary N) is 2. The summed E-state index contributed by atoms with van der Waals surface area (Å²) in [7, 11) is 1.82. The molecule has 5 rings (SSSR count). The van der Waals surface area contributed by atoms with Crippen LogP contribution >= 0.6 is 0 Å². The van der Waals surface area contributed by atoms with Crippen molar-refractivity contribution < 1.29 is 13.9 Å². The van der Waals surface area contributed by atoms with Crippen LogP contribution in [0.5, 0.6) is 0 Å². The fraction of sp³-hybridized carbons (Fsp3) is 0.500. The molecule has 0 radical (unpaired) electrons. The van der Waals surface area contributed by atoms with Gasteiger partial charge in [0, 0.05) is 45.1 Å². The quantitative estimate of drug-likeness (QED) is 0.634. The summed E-state index contributed by atoms with van der Waals surface area (Å²) in [5.74, 6) is 1.51. The van der Waals surface area contributed by atoms with E-state index in [2.05, 4.69) is 25.8 Å². The topological polar surface area (TPSA) is 89.6 Å². The minimum atomic E-state index is 0.00958. The average Bonchev–Trinajstić information content (AvgIpc) is 3.42. The van der Waals surface area contributed by atoms with E-state index in [1.54, 1.807) is 0 Å². The first-order valence-corrected chi connectivity index (χ1v) is 10.2. The zero-order valence-electron chi connectivity index (χ0n) is 16.6. The Labute approximate surface area is 168 Å². The highest BCUT2D eigenvalue weighted by atomic mass is 16.5. The standard InChI is InChI=1S/C20H26N6O3/c1-21-24-18-11-16(25-5-8-27-9-6-25)20-15(23-18)10-17(29-20)14-12-22-26(13-14)19-4-2-3-7-28-19/h10-13,19,21H,2-9H2,1H3,(H,23,24). The van der Waals surface area contributed by atoms with Crippen LogP contribution in [0.3, 0.4) is 0 Å². The SMILES string of the molecule is CNNc1cc(N2CCOCC2)c2oc(-c3cnn(C4CCCCO4)c3)cc2n1. The van der Waals surface area contributed by atoms with Crippen molar-refractivity contribution in [2.24, 2.45) is 0 Å². The number of fused-ring (bicyclic) bond motifs is 1. The molecule has 2 saturated heterocycles. The van der Waals surface area contributed by atoms with Gasteiger partial charge in [-0.1, -0.05) is 0 Å². The van der Waals surface area contributed by atoms with Gasteiger partial charge in [0.2, 0.25) is 0 Å². The molecular formula is C20H26N6O3. The fourth-order valence-electron chi connectivity index (χ4n) is 3.93. The van der Waals surface area contributed by atoms with Crippen molar-refractivity contribution in [3.8, 4) is 11.3 Å². The van der Waals surface area contributed by atoms with Crippen molar-refractivity contribution in [1.82, 2.24) is 20.2 Å². The van der Waals surface area contributed by atoms with Gasteiger partial charge in [-0.2, -0.15) is 5.10 Å². The van der Waals surface area contributed by atoms with Gasteiger partial charge in [-0.05, 0) is 19.3 Å². The highest BCUT2D eigenvalue weighted by molar-refractivity contribution is 5.91. The lowest BCUT2D eigenvalue weighted by atomic mass is 10.2. The number of hydrogen-bond donors (Lipinski definition) is 2. The Morgan fingerprint density at radius 2 is 2.03 bits per heavy atom. The van der Waals surface area contributed by atoms with Crippen LogP contribution < -0.4 is 15.8 Å². The van der Waals surface area contributed by atoms with Crippen molar-refractivity contribution in [2.75, 3.05) is 50.3 Å². The first-order chi connectivity index (χ1) is 14.3. The zero-order valence-corrected chi connectivity index (χ0v) is 16.6. The number of anilines is 2. The third-order valence-corrected chi connectivity index (χ3v) is 5.40. The van der Waals surface area contributed by atoms with Crippen molar-refractivity contribution in [3.05, 3.63) is 24.5 Å². The Kier molecular flexibility index (Phi) is 5.09. The number of rotatable bonds is 5. The Hall–Kier alpha value is -2.62. The maximum absolute atomic E-state index is 6.28. The van der Waals surface area contributed by atoms with Crippen molar-refractivity contribution in [3.63, 3.8) is 0 Å². The molecule has 0 aromatic carbocycles. The van der Waals surface area contributed by atoms with Gasteiger partial charge in [0.25, 0.3) is 0 Å². The molecule has 9 nitrogen and oxygen atoms in total. The summed E-state index contributed by atoms with van der Waals surface area (Å²) in [5.41, 5.74) is 9.56. The molecule has 0 spiro atoms. The van der Waals surface area contributed by atoms with Gasteiger partial charge in [0.1, 0.15) is 23.3 Å². The molecule has 29 heavy (non-hydrogen) atoms. The Morgan fingerprint density at radius 1 is 1.14 bits per heavy atom. The molecule has 9 heteroatoms. The van der Waals surface area contributed by atoms with E-state index in [1.165, 1.54) is 6.42 Å². The van der Waals surface area contributed by atoms with E-state index in [9.17, 15) is 0 Å². The van der Waals surface area contributed by atoms with Gasteiger partial charge in [0.05, 0.1) is 30.7 Å². The molecule has 3 aromatic rings. The number of pyridine rings is 1. The van der Waals surface area contributed by atoms with Gasteiger partial charge >= 0.3 is 0 Å². The lowest BCUT2D eigenvalue weighted by Gasteiger charge is -2.29. The summed E-state index contributed by atoms with van der Waals surface area (Å²) in [6, 6.07) is 3.99. The fourth-order valence-corrected chi connectivity index (χ4v) is 3.93. The lowest BCUT2D eigenvalue weighted by molar-refractivity contribution is -0.0394. The molecule has 2 aliphatic heterocycles. The molecule has 0 bridgehead atoms. The predicted molar refractivity (Wildman–Crippen MR) is 110 cm³/mol. The van der Waals surface area contributed by atoms with Gasteiger partial charge in [-0.25, -0.2) is 15.1 Å². The maximum atomic E-state index is 6.28. The number of hydrogen-bond acceptors (Lipinski definition) is 8. The maximum Gasteiger partial charge on any atom is 0.176 e. The lowest BCUT2D eigenvalue weighted by Crippen LogP contribution is -2.36. The zero-order chi connectivity index (χ0) is 19.6. The molecule has 1 unspecified atom stereocenters. The molecule has 1 atom stereocenters. The Bertz CT molecular complexity index is 972. The van der Waals surface area contributed by atoms with E-state index >= 15 is 0 Å². The van der Waals surface area contributed by atoms with E-state index in [1.807, 2.05) is 36.3 Å². The first-order valence-electron chi connectivity index (χ1n) is 10.2. The highest BCUT2D eigenvalue weighted by Gasteiger charge is 2.21. The van der Waals surface area contributed by atoms with Crippen molar-refractivity contribution in [2.45, 2.75) is 25.5 Å². The van der Waals surface area contributed by atoms with E-state index in [0.717, 1.165) is 66.5 Å². The minimum absolute atomic E-state index is 0.00958. The largest absolute Gasteiger partial charge is 0.452 e. The summed E-state index contributed by atoms with van der Waals surface area (Å²) >= 11 is 0. The molecule has 3 aromatic heterocycles. The number of ether oxygens (including phenoxy) is 2. The second kappa shape index (κ2) is 8.02. The van der Waals surface area contributed by atoms with E-state index < -0.39 is 0 Å². The van der Waals surface area contributed by atoms with Gasteiger partial charge < -0.3 is 24.2 Å². The normalized spacial score (nSPS) is 20.3. The molecule has 2 aliphatic rings. The number of nitrogens with zero attached hydrogens (tertiary/aromatic N) is 4. The smallest absolute Gasteiger partial charge is 0.176 e. The van der Waals surface area contributed by atoms with Crippen LogP contribution in [0, 0.1) is 0 Å². The minimum Gasteiger partial charge on any atom is -0.452 e. The van der Waals surface area contributed by atoms with Crippen LogP contribution in [-0.4, -0.2) is 54.7 Å². The third-order valence-electron chi connectivity index (χ3n) is 5.40. The van der Waals surface area contributed by atoms with Crippen molar-refractivity contribution >= 4 is 22.6 Å². The number of aromatic nitrogens is 3. The van der Waals surface area contributed by atoms with Crippen LogP contribution in [-0.2, 0) is 9.47 Å². The molecule has 2 fully saturated rings. The predicted octanol–water partition coefficient (Wildman–Crippen LogP) is 2.77. The monoisotopic (exact) mass is 398 g/mol. The average molecular weight is 398 g/mol. The van der Waals surface area contributed by atoms with E-state index in [4.69, 9.17) is 13.9 Å². The second-order valence-corrected chi connectivity index (χ2v) is 7.36. The van der Waals surface area contributed by atoms with E-state index in [0.29, 0.717) is 13.2 Å². The summed E-state index contributed by atoms with van der Waals surface area (Å²) in [4.78, 5) is 6.96. The molecule has 0 saturated carbocycles. The number of hydrazine groups is 1. The van der Waals surface area contributed by atoms with Gasteiger partial charge in [-0.3, -0.25) is 0 Å². The molecule has 0 amide bonds. The van der Waals surface area contributed by atoms with Crippen molar-refractivity contribution in [1.29, 1.82) is 0 Å². The number of morpholine rings is 1. The molecular weight excluding hydrogens is 372 g/mol. The van der Waals surface area contributed by atoms with Crippen LogP contribution in [0.1, 0.15) is 25.5 Å². The third kappa shape index (κ3) is 3.68. The summed E-state index contributed by atoms with van der Waals surface area (Å²) in [6.07, 6.45) is 7.11. The Balaban J connectivity index is 1.51. The van der Waals surface area contributed by atoms with Crippen LogP contribution in [0.2, 0.25) is 0 Å². The first kappa shape index (κ1) is 18.4. The van der Waals surface area contributed by atoms with Crippen LogP contribution in [0.15, 0.2) is 28.9 Å². The molecule has 2 N–H and O–H groups in total. The van der Waals surface area contributed by atoms with Gasteiger partial charge in [-0.15, -0.1) is 0 Å². The number of furan rings is 1. The second-order valence-electron chi connectivity index (χ2n) is 7.36. The Morgan fingerprint density at radius 3 is 2.83 bits per heavy atom. The van der Waals surface area contributed by atoms with Crippen LogP contribution in [0.25, 0.3) is 22.4 Å². The molecule has 0 aliphatic carbocycles. The summed E-state index contributed by atoms with van der Waals surface area (Å²) in [5, 5.41) is 4.51. The van der Waals surface area contributed by atoms with E-state index in [-0.39, 0.29) is 6.23 Å². The molecule has 154 valence electrons. The highest BCUT2D eigenvalue weighted by Crippen LogP contribution is 2.35. The summed E-state index contributed by atoms with van der Waals surface area (Å²) in [6.45, 7) is 3.86. The van der Waals surface area contributed by atoms with Gasteiger partial charge in [0.15, 0.2) is 5.58 Å².